The fraction of sp³-hybridized carbons (Fsp3) is 0.714. The average Bonchev–Trinajstić information content (AvgIpc) is 2.99. The summed E-state index contributed by atoms with van der Waals surface area (Å²) in [5.74, 6) is 0.390. The van der Waals surface area contributed by atoms with E-state index in [0.717, 1.165) is 57.2 Å². The van der Waals surface area contributed by atoms with Crippen molar-refractivity contribution in [1.82, 2.24) is 19.8 Å². The average molecular weight is 661 g/mol. The maximum absolute atomic E-state index is 13.8. The quantitative estimate of drug-likeness (QED) is 0.167. The van der Waals surface area contributed by atoms with E-state index in [4.69, 9.17) is 6.42 Å². The SMILES string of the molecule is C#CC[C@H](NC(=O)[C@H](Cc1ccccc1)CS(=O)(=O)N(C)CCN1CCC1)C(=O)N[C@@H](CC1CCCCC1)C(O)[C@@H](O)CC(C)C. The zero-order chi connectivity index (χ0) is 33.7. The number of nitrogens with one attached hydrogen (secondary N) is 2. The molecule has 2 amide bonds. The molecule has 3 rings (SSSR count). The Bertz CT molecular complexity index is 1230. The second kappa shape index (κ2) is 18.7. The van der Waals surface area contributed by atoms with Gasteiger partial charge in [-0.1, -0.05) is 76.3 Å². The number of hydrogen-bond acceptors (Lipinski definition) is 7. The van der Waals surface area contributed by atoms with Crippen molar-refractivity contribution in [2.75, 3.05) is 39.0 Å². The molecule has 0 aromatic heterocycles. The Hall–Kier alpha value is -2.49. The van der Waals surface area contributed by atoms with E-state index in [2.05, 4.69) is 21.5 Å². The van der Waals surface area contributed by atoms with Crippen LogP contribution in [0, 0.1) is 30.1 Å². The van der Waals surface area contributed by atoms with Crippen LogP contribution in [0.1, 0.15) is 77.2 Å². The molecule has 0 bridgehead atoms. The zero-order valence-electron chi connectivity index (χ0n) is 27.9. The third kappa shape index (κ3) is 12.3. The molecule has 0 spiro atoms. The van der Waals surface area contributed by atoms with Crippen LogP contribution < -0.4 is 10.6 Å². The first-order valence-corrected chi connectivity index (χ1v) is 18.6. The topological polar surface area (TPSA) is 139 Å². The Balaban J connectivity index is 1.76. The maximum atomic E-state index is 13.8. The number of aliphatic hydroxyl groups is 2. The number of rotatable bonds is 19. The van der Waals surface area contributed by atoms with E-state index in [0.29, 0.717) is 31.8 Å². The number of aliphatic hydroxyl groups excluding tert-OH is 2. The second-order valence-corrected chi connectivity index (χ2v) is 15.8. The Kier molecular flexibility index (Phi) is 15.5. The van der Waals surface area contributed by atoms with Crippen molar-refractivity contribution >= 4 is 21.8 Å². The van der Waals surface area contributed by atoms with Gasteiger partial charge in [-0.2, -0.15) is 0 Å². The molecule has 2 fully saturated rings. The van der Waals surface area contributed by atoms with E-state index in [-0.39, 0.29) is 18.8 Å². The summed E-state index contributed by atoms with van der Waals surface area (Å²) in [6.07, 6.45) is 10.8. The lowest BCUT2D eigenvalue weighted by Crippen LogP contribution is -2.56. The molecule has 11 heteroatoms. The zero-order valence-corrected chi connectivity index (χ0v) is 28.8. The summed E-state index contributed by atoms with van der Waals surface area (Å²) in [4.78, 5) is 29.7. The normalized spacial score (nSPS) is 19.4. The highest BCUT2D eigenvalue weighted by Gasteiger charge is 2.35. The highest BCUT2D eigenvalue weighted by molar-refractivity contribution is 7.89. The van der Waals surface area contributed by atoms with Gasteiger partial charge in [0, 0.05) is 26.6 Å². The molecule has 46 heavy (non-hydrogen) atoms. The third-order valence-corrected chi connectivity index (χ3v) is 11.3. The van der Waals surface area contributed by atoms with Gasteiger partial charge < -0.3 is 25.7 Å². The smallest absolute Gasteiger partial charge is 0.243 e. The van der Waals surface area contributed by atoms with E-state index in [1.807, 2.05) is 44.2 Å². The van der Waals surface area contributed by atoms with Crippen molar-refractivity contribution in [3.05, 3.63) is 35.9 Å². The molecule has 1 heterocycles. The summed E-state index contributed by atoms with van der Waals surface area (Å²) < 4.78 is 28.1. The molecule has 2 aliphatic rings. The van der Waals surface area contributed by atoms with Gasteiger partial charge in [0.1, 0.15) is 12.1 Å². The minimum atomic E-state index is -3.79. The summed E-state index contributed by atoms with van der Waals surface area (Å²) in [5.41, 5.74) is 0.800. The predicted molar refractivity (Wildman–Crippen MR) is 181 cm³/mol. The first-order valence-electron chi connectivity index (χ1n) is 17.0. The summed E-state index contributed by atoms with van der Waals surface area (Å²) in [7, 11) is -2.26. The van der Waals surface area contributed by atoms with Crippen molar-refractivity contribution in [2.24, 2.45) is 17.8 Å². The highest BCUT2D eigenvalue weighted by Crippen LogP contribution is 2.29. The number of amides is 2. The molecule has 0 radical (unpaired) electrons. The molecule has 1 unspecified atom stereocenters. The van der Waals surface area contributed by atoms with Crippen molar-refractivity contribution in [1.29, 1.82) is 0 Å². The van der Waals surface area contributed by atoms with Gasteiger partial charge in [0.25, 0.3) is 0 Å². The van der Waals surface area contributed by atoms with Crippen LogP contribution in [0.3, 0.4) is 0 Å². The molecule has 1 aromatic carbocycles. The lowest BCUT2D eigenvalue weighted by atomic mass is 9.82. The first-order chi connectivity index (χ1) is 21.9. The molecular formula is C35H56N4O6S. The minimum absolute atomic E-state index is 0.112. The van der Waals surface area contributed by atoms with Crippen molar-refractivity contribution in [3.63, 3.8) is 0 Å². The third-order valence-electron chi connectivity index (χ3n) is 9.38. The van der Waals surface area contributed by atoms with E-state index in [1.165, 1.54) is 11.4 Å². The minimum Gasteiger partial charge on any atom is -0.390 e. The van der Waals surface area contributed by atoms with Crippen LogP contribution >= 0.6 is 0 Å². The predicted octanol–water partition coefficient (Wildman–Crippen LogP) is 2.54. The van der Waals surface area contributed by atoms with Crippen molar-refractivity contribution in [3.8, 4) is 12.3 Å². The van der Waals surface area contributed by atoms with Gasteiger partial charge in [0.2, 0.25) is 21.8 Å². The molecule has 258 valence electrons. The molecule has 10 nitrogen and oxygen atoms in total. The van der Waals surface area contributed by atoms with Crippen LogP contribution in [0.15, 0.2) is 30.3 Å². The van der Waals surface area contributed by atoms with Gasteiger partial charge in [-0.05, 0) is 56.2 Å². The van der Waals surface area contributed by atoms with E-state index in [1.54, 1.807) is 0 Å². The molecule has 1 aliphatic carbocycles. The van der Waals surface area contributed by atoms with E-state index in [9.17, 15) is 28.2 Å². The van der Waals surface area contributed by atoms with Crippen LogP contribution in [0.25, 0.3) is 0 Å². The number of likely N-dealkylation sites (tertiary alicyclic amines) is 1. The molecule has 5 atom stereocenters. The Labute approximate surface area is 276 Å². The van der Waals surface area contributed by atoms with E-state index >= 15 is 0 Å². The largest absolute Gasteiger partial charge is 0.390 e. The first kappa shape index (κ1) is 38.0. The number of sulfonamides is 1. The Morgan fingerprint density at radius 1 is 1.04 bits per heavy atom. The molecule has 4 N–H and O–H groups in total. The van der Waals surface area contributed by atoms with Crippen LogP contribution in [-0.2, 0) is 26.0 Å². The van der Waals surface area contributed by atoms with Crippen LogP contribution in [0.5, 0.6) is 0 Å². The summed E-state index contributed by atoms with van der Waals surface area (Å²) in [6.45, 7) is 6.80. The number of nitrogens with zero attached hydrogens (tertiary/aromatic N) is 2. The number of benzene rings is 1. The van der Waals surface area contributed by atoms with Gasteiger partial charge in [0.15, 0.2) is 0 Å². The fourth-order valence-electron chi connectivity index (χ4n) is 6.39. The van der Waals surface area contributed by atoms with Crippen LogP contribution in [0.4, 0.5) is 0 Å². The molecule has 1 saturated heterocycles. The van der Waals surface area contributed by atoms with Crippen molar-refractivity contribution < 1.29 is 28.2 Å². The lowest BCUT2D eigenvalue weighted by molar-refractivity contribution is -0.132. The number of carbonyl (C=O) groups excluding carboxylic acids is 2. The molecule has 1 saturated carbocycles. The summed E-state index contributed by atoms with van der Waals surface area (Å²) >= 11 is 0. The van der Waals surface area contributed by atoms with Gasteiger partial charge in [-0.15, -0.1) is 12.3 Å². The molecule has 1 aliphatic heterocycles. The Morgan fingerprint density at radius 2 is 1.72 bits per heavy atom. The number of hydrogen-bond donors (Lipinski definition) is 4. The lowest BCUT2D eigenvalue weighted by Gasteiger charge is -2.33. The fourth-order valence-corrected chi connectivity index (χ4v) is 7.78. The van der Waals surface area contributed by atoms with Gasteiger partial charge in [-0.25, -0.2) is 12.7 Å². The standard InChI is InChI=1S/C35H56N4O6S/c1-5-13-30(35(43)37-31(24-28-16-10-7-11-17-28)33(41)32(40)22-26(2)3)36-34(42)29(23-27-14-8-6-9-15-27)25-46(44,45)38(4)20-21-39-18-12-19-39/h1,6,8-9,14-15,26,28-33,40-41H,7,10-13,16-25H2,2-4H3,(H,36,42)(H,37,43)/t29-,30+,31+,32+,33?/m1/s1. The number of terminal acetylenes is 1. The van der Waals surface area contributed by atoms with Crippen LogP contribution in [0.2, 0.25) is 0 Å². The number of carbonyl (C=O) groups is 2. The van der Waals surface area contributed by atoms with Crippen LogP contribution in [-0.4, -0.2) is 103 Å². The number of likely N-dealkylation sites (N-methyl/N-ethyl adjacent to an activating group) is 1. The van der Waals surface area contributed by atoms with Crippen molar-refractivity contribution in [2.45, 2.75) is 102 Å². The highest BCUT2D eigenvalue weighted by atomic mass is 32.2. The van der Waals surface area contributed by atoms with Gasteiger partial charge in [0.05, 0.1) is 23.8 Å². The van der Waals surface area contributed by atoms with E-state index < -0.39 is 57.8 Å². The second-order valence-electron chi connectivity index (χ2n) is 13.7. The monoisotopic (exact) mass is 660 g/mol. The summed E-state index contributed by atoms with van der Waals surface area (Å²) in [6, 6.07) is 7.34. The van der Waals surface area contributed by atoms with Gasteiger partial charge >= 0.3 is 0 Å². The Morgan fingerprint density at radius 3 is 2.30 bits per heavy atom. The van der Waals surface area contributed by atoms with Gasteiger partial charge in [-0.3, -0.25) is 9.59 Å². The molecular weight excluding hydrogens is 604 g/mol. The molecule has 1 aromatic rings. The maximum Gasteiger partial charge on any atom is 0.243 e. The summed E-state index contributed by atoms with van der Waals surface area (Å²) in [5, 5.41) is 27.6.